The zero-order valence-corrected chi connectivity index (χ0v) is 85.5. The molecule has 18 aromatic rings. The van der Waals surface area contributed by atoms with Gasteiger partial charge in [-0.15, -0.1) is 0 Å². The van der Waals surface area contributed by atoms with Crippen LogP contribution < -0.4 is 71.2 Å². The molecule has 146 heavy (non-hydrogen) atoms. The molecule has 11 heterocycles. The Kier molecular flexibility index (Phi) is 29.8. The van der Waals surface area contributed by atoms with Crippen molar-refractivity contribution in [3.05, 3.63) is 404 Å². The van der Waals surface area contributed by atoms with Crippen LogP contribution in [0.1, 0.15) is 114 Å². The van der Waals surface area contributed by atoms with Gasteiger partial charge in [0.1, 0.15) is 50.6 Å². The van der Waals surface area contributed by atoms with Gasteiger partial charge in [0, 0.05) is 182 Å². The molecule has 2 aliphatic rings. The number of nitrogens with one attached hydrogen (secondary N) is 2. The predicted molar refractivity (Wildman–Crippen MR) is 587 cm³/mol. The Morgan fingerprint density at radius 3 is 1.40 bits per heavy atom. The van der Waals surface area contributed by atoms with Crippen LogP contribution in [0.2, 0.25) is 0 Å². The van der Waals surface area contributed by atoms with Crippen molar-refractivity contribution < 1.29 is 8.60 Å². The molecule has 1 saturated carbocycles. The van der Waals surface area contributed by atoms with Crippen molar-refractivity contribution in [1.82, 2.24) is 74.5 Å². The maximum atomic E-state index is 13.8. The number of benzene rings is 8. The summed E-state index contributed by atoms with van der Waals surface area (Å²) in [7, 11) is 7.89. The van der Waals surface area contributed by atoms with Gasteiger partial charge in [0.05, 0.1) is 39.5 Å². The highest BCUT2D eigenvalue weighted by molar-refractivity contribution is 7.99. The summed E-state index contributed by atoms with van der Waals surface area (Å²) in [5.74, 6) is 6.62. The molecule has 20 rings (SSSR count). The standard InChI is InChI=1S/C30H31N5O2.C30H35N5O2.C28H28FN7O2.C26H30N4O3S/c1-21(2)18-35-26-20-34(19-22-13-15-23(16-14-22)25-12-8-9-17-31-25)28(27(26)29(36)33(4)30(35)37)32(3)24-10-6-5-7-11-24;1-20(2)34(24-10-6-5-7-11-24)28-27-26(19-33(28)18-22-14-16-23(17-15-22)21(3)31)35(25-12-8-9-13-25)30(37)32(4)29(27)36;1-32-15-12-23(17-32)36-24-18-34(16-19-4-10-22(11-5-19)35-14-3-13-30-35)26(25(24)27(37)33(2)28(36)38)31-21-8-6-20(29)7-9-21;1-18(2)15-30-22-17-29(16-19-11-13-21(14-12-19)34(4,5)33)24(27-20-9-7-6-8-10-20)23(22)25(31)28(3)26(30)32/h5-17,20-21H,18-19H2,1-4H3;5-7,10-11,14-17,19-20,25H,3,8-9,12-13,18,31H2,1-2,4H3;3-11,13-14,18,23,31H,12,15-17H2,1-2H3;6-14,17-18,27H,4,15-16H2,1-3,5H3. The van der Waals surface area contributed by atoms with Crippen molar-refractivity contribution in [3.63, 3.8) is 0 Å². The molecule has 30 nitrogen and oxygen atoms in total. The molecule has 8 aromatic carbocycles. The molecule has 2 unspecified atom stereocenters. The molecule has 10 aromatic heterocycles. The fraction of sp³-hybridized carbons (Fsp3) is 0.272. The van der Waals surface area contributed by atoms with Crippen molar-refractivity contribution in [3.8, 4) is 16.9 Å². The molecule has 1 aliphatic heterocycles. The van der Waals surface area contributed by atoms with Gasteiger partial charge in [-0.3, -0.25) is 64.9 Å². The average molecular weight is 1980 g/mol. The Hall–Kier alpha value is -16.4. The van der Waals surface area contributed by atoms with E-state index in [-0.39, 0.29) is 80.8 Å². The van der Waals surface area contributed by atoms with Crippen LogP contribution in [0.25, 0.3) is 66.3 Å². The first-order chi connectivity index (χ1) is 70.1. The number of likely N-dealkylation sites (N-methyl/N-ethyl adjacent to an activating group) is 1. The normalized spacial score (nSPS) is 13.7. The maximum absolute atomic E-state index is 13.8. The predicted octanol–water partition coefficient (Wildman–Crippen LogP) is 17.3. The fourth-order valence-electron chi connectivity index (χ4n) is 19.7. The SMILES string of the molecule is C=C(N)c1ccc(Cn2cc3c(c2N(c2ccccc2)C(C)C)c(=O)n(C)c(=O)n3C2CCCC2)cc1.C=S(C)(=O)c1ccc(Cn2cc3c(c2Nc2ccccc2)c(=O)n(C)c(=O)n3CC(C)C)cc1.CC(C)Cn1c(=O)n(C)c(=O)c2c(N(C)c3ccccc3)n(Cc3ccc(-c4ccccn4)cc3)cc21.CN1CCC(n2c(=O)n(C)c(=O)c3c(Nc4ccc(F)cc4)n(Cc4ccc(-n5cccn5)cc4)cc32)C1. The van der Waals surface area contributed by atoms with E-state index in [1.54, 1.807) is 63.3 Å². The highest BCUT2D eigenvalue weighted by Gasteiger charge is 2.33. The first-order valence-corrected chi connectivity index (χ1v) is 51.3. The molecule has 752 valence electrons. The van der Waals surface area contributed by atoms with Gasteiger partial charge in [-0.1, -0.05) is 181 Å². The van der Waals surface area contributed by atoms with Crippen LogP contribution in [0.5, 0.6) is 0 Å². The lowest BCUT2D eigenvalue weighted by atomic mass is 10.1. The molecular formula is C114H124FN21O9S. The van der Waals surface area contributed by atoms with Gasteiger partial charge in [0.2, 0.25) is 0 Å². The number of aromatic nitrogens is 15. The van der Waals surface area contributed by atoms with Gasteiger partial charge in [0.15, 0.2) is 0 Å². The smallest absolute Gasteiger partial charge is 0.331 e. The van der Waals surface area contributed by atoms with E-state index in [9.17, 15) is 47.0 Å². The molecule has 4 N–H and O–H groups in total. The molecule has 0 bridgehead atoms. The summed E-state index contributed by atoms with van der Waals surface area (Å²) >= 11 is 0. The van der Waals surface area contributed by atoms with Crippen LogP contribution >= 0.6 is 0 Å². The molecule has 2 fully saturated rings. The third-order valence-electron chi connectivity index (χ3n) is 27.1. The third kappa shape index (κ3) is 21.2. The van der Waals surface area contributed by atoms with Crippen LogP contribution in [0, 0.1) is 17.7 Å². The number of halogens is 1. The Labute approximate surface area is 844 Å². The lowest BCUT2D eigenvalue weighted by Gasteiger charge is -2.30. The number of para-hydroxylation sites is 3. The van der Waals surface area contributed by atoms with Gasteiger partial charge in [0.25, 0.3) is 22.2 Å². The second kappa shape index (κ2) is 43.1. The van der Waals surface area contributed by atoms with E-state index in [2.05, 4.69) is 116 Å². The van der Waals surface area contributed by atoms with Crippen molar-refractivity contribution in [1.29, 1.82) is 0 Å². The van der Waals surface area contributed by atoms with Gasteiger partial charge < -0.3 is 49.3 Å². The highest BCUT2D eigenvalue weighted by Crippen LogP contribution is 2.40. The Bertz CT molecular complexity index is 8460. The number of nitrogens with two attached hydrogens (primary N) is 1. The number of nitrogens with zero attached hydrogens (tertiary/aromatic N) is 18. The molecule has 1 saturated heterocycles. The molecule has 0 amide bonds. The number of anilines is 8. The first kappa shape index (κ1) is 101. The quantitative estimate of drug-likeness (QED) is 0.0403. The van der Waals surface area contributed by atoms with Gasteiger partial charge in [-0.25, -0.2) is 28.3 Å². The number of hydrogen-bond donors (Lipinski definition) is 3. The lowest BCUT2D eigenvalue weighted by molar-refractivity contribution is 0.389. The minimum Gasteiger partial charge on any atom is -0.399 e. The average Bonchev–Trinajstić information content (AvgIpc) is 1.58. The molecular weight excluding hydrogens is 1860 g/mol. The van der Waals surface area contributed by atoms with E-state index >= 15 is 0 Å². The summed E-state index contributed by atoms with van der Waals surface area (Å²) in [5, 5.41) is 13.0. The van der Waals surface area contributed by atoms with Crippen LogP contribution in [0.3, 0.4) is 0 Å². The number of hydrogen-bond acceptors (Lipinski definition) is 17. The second-order valence-corrected chi connectivity index (χ2v) is 41.6. The molecule has 2 atom stereocenters. The van der Waals surface area contributed by atoms with E-state index < -0.39 is 9.52 Å². The van der Waals surface area contributed by atoms with Crippen LogP contribution in [0.4, 0.5) is 50.4 Å². The zero-order chi connectivity index (χ0) is 103. The van der Waals surface area contributed by atoms with Gasteiger partial charge in [-0.05, 0) is 205 Å². The summed E-state index contributed by atoms with van der Waals surface area (Å²) in [6, 6.07) is 75.3. The van der Waals surface area contributed by atoms with Crippen molar-refractivity contribution in [2.24, 2.45) is 45.8 Å². The summed E-state index contributed by atoms with van der Waals surface area (Å²) in [6.07, 6.45) is 19.6. The second-order valence-electron chi connectivity index (χ2n) is 39.1. The van der Waals surface area contributed by atoms with Crippen LogP contribution in [-0.4, -0.2) is 124 Å². The summed E-state index contributed by atoms with van der Waals surface area (Å²) in [6.45, 7) is 20.9. The number of rotatable bonds is 27. The molecule has 32 heteroatoms. The lowest BCUT2D eigenvalue weighted by Crippen LogP contribution is -2.40. The molecule has 1 aliphatic carbocycles. The molecule has 0 spiro atoms. The minimum atomic E-state index is -2.30. The fourth-order valence-corrected chi connectivity index (χ4v) is 20.4. The third-order valence-corrected chi connectivity index (χ3v) is 28.3. The maximum Gasteiger partial charge on any atom is 0.331 e. The molecule has 0 radical (unpaired) electrons. The summed E-state index contributed by atoms with van der Waals surface area (Å²) in [5.41, 5.74) is 17.9. The topological polar surface area (TPSA) is 303 Å². The van der Waals surface area contributed by atoms with Gasteiger partial charge in [-0.2, -0.15) is 5.10 Å². The van der Waals surface area contributed by atoms with Gasteiger partial charge >= 0.3 is 22.8 Å². The zero-order valence-electron chi connectivity index (χ0n) is 84.6. The van der Waals surface area contributed by atoms with E-state index in [0.717, 1.165) is 119 Å². The Morgan fingerprint density at radius 2 is 0.904 bits per heavy atom. The Balaban J connectivity index is 0.000000133. The van der Waals surface area contributed by atoms with Crippen molar-refractivity contribution in [2.75, 3.05) is 53.9 Å². The van der Waals surface area contributed by atoms with E-state index in [1.165, 1.54) is 44.5 Å². The van der Waals surface area contributed by atoms with E-state index in [1.807, 2.05) is 253 Å². The van der Waals surface area contributed by atoms with Crippen LogP contribution in [0.15, 0.2) is 330 Å². The monoisotopic (exact) mass is 1980 g/mol. The number of likely N-dealkylation sites (tertiary alicyclic amines) is 1. The van der Waals surface area contributed by atoms with Crippen molar-refractivity contribution >= 4 is 111 Å². The largest absolute Gasteiger partial charge is 0.399 e. The first-order valence-electron chi connectivity index (χ1n) is 49.1. The Morgan fingerprint density at radius 1 is 0.473 bits per heavy atom. The highest BCUT2D eigenvalue weighted by atomic mass is 32.2. The van der Waals surface area contributed by atoms with E-state index in [4.69, 9.17) is 5.73 Å². The summed E-state index contributed by atoms with van der Waals surface area (Å²) < 4.78 is 47.6. The minimum absolute atomic E-state index is 0.0373. The van der Waals surface area contributed by atoms with E-state index in [0.29, 0.717) is 111 Å². The van der Waals surface area contributed by atoms with Crippen molar-refractivity contribution in [2.45, 2.75) is 136 Å². The summed E-state index contributed by atoms with van der Waals surface area (Å²) in [4.78, 5) is 118. The number of fused-ring (bicyclic) bond motifs is 4. The number of pyridine rings is 1. The van der Waals surface area contributed by atoms with Crippen LogP contribution in [-0.2, 0) is 77.0 Å².